The van der Waals surface area contributed by atoms with Crippen LogP contribution in [-0.4, -0.2) is 17.0 Å². The van der Waals surface area contributed by atoms with Crippen LogP contribution in [0.2, 0.25) is 0 Å². The second kappa shape index (κ2) is 4.89. The molecule has 0 aliphatic heterocycles. The molecule has 0 atom stereocenters. The molecule has 0 unspecified atom stereocenters. The van der Waals surface area contributed by atoms with E-state index in [1.165, 1.54) is 4.88 Å². The molecule has 0 saturated heterocycles. The summed E-state index contributed by atoms with van der Waals surface area (Å²) in [6.45, 7) is 0. The van der Waals surface area contributed by atoms with Gasteiger partial charge < -0.3 is 5.32 Å². The largest absolute Gasteiger partial charge is 0.365 e. The number of thiazole rings is 1. The van der Waals surface area contributed by atoms with Crippen LogP contribution in [0.1, 0.15) is 10.6 Å². The van der Waals surface area contributed by atoms with Crippen LogP contribution in [0, 0.1) is 0 Å². The minimum absolute atomic E-state index is 0.978. The first-order chi connectivity index (χ1) is 7.38. The zero-order valence-electron chi connectivity index (χ0n) is 8.60. The predicted octanol–water partition coefficient (Wildman–Crippen LogP) is 2.37. The number of nitrogens with zero attached hydrogens (tertiary/aromatic N) is 2. The van der Waals surface area contributed by atoms with E-state index in [4.69, 9.17) is 0 Å². The molecule has 3 nitrogen and oxygen atoms in total. The van der Waals surface area contributed by atoms with Crippen LogP contribution >= 0.6 is 11.3 Å². The molecule has 0 saturated carbocycles. The number of rotatable bonds is 4. The van der Waals surface area contributed by atoms with Crippen molar-refractivity contribution < 1.29 is 0 Å². The number of nitrogens with one attached hydrogen (secondary N) is 1. The maximum Gasteiger partial charge on any atom is 0.182 e. The normalized spacial score (nSPS) is 10.2. The molecule has 2 heterocycles. The standard InChI is InChI=1S/C11H13N3S/c1-12-11-14-8-10(15-11)6-5-9-4-2-3-7-13-9/h2-4,7-8H,5-6H2,1H3,(H,12,14). The first-order valence-electron chi connectivity index (χ1n) is 4.91. The minimum atomic E-state index is 0.978. The van der Waals surface area contributed by atoms with E-state index in [2.05, 4.69) is 21.4 Å². The van der Waals surface area contributed by atoms with Crippen molar-refractivity contribution in [3.8, 4) is 0 Å². The van der Waals surface area contributed by atoms with E-state index in [1.54, 1.807) is 11.3 Å². The van der Waals surface area contributed by atoms with Crippen molar-refractivity contribution in [2.75, 3.05) is 12.4 Å². The summed E-state index contributed by atoms with van der Waals surface area (Å²) in [5.74, 6) is 0. The summed E-state index contributed by atoms with van der Waals surface area (Å²) in [6, 6.07) is 6.02. The van der Waals surface area contributed by atoms with Crippen molar-refractivity contribution in [2.45, 2.75) is 12.8 Å². The van der Waals surface area contributed by atoms with Gasteiger partial charge in [0.25, 0.3) is 0 Å². The van der Waals surface area contributed by atoms with Gasteiger partial charge in [-0.3, -0.25) is 4.98 Å². The van der Waals surface area contributed by atoms with Gasteiger partial charge in [-0.15, -0.1) is 11.3 Å². The van der Waals surface area contributed by atoms with Crippen molar-refractivity contribution in [2.24, 2.45) is 0 Å². The van der Waals surface area contributed by atoms with Gasteiger partial charge >= 0.3 is 0 Å². The van der Waals surface area contributed by atoms with Gasteiger partial charge in [-0.1, -0.05) is 6.07 Å². The fraction of sp³-hybridized carbons (Fsp3) is 0.273. The van der Waals surface area contributed by atoms with Gasteiger partial charge in [0.15, 0.2) is 5.13 Å². The van der Waals surface area contributed by atoms with Crippen LogP contribution in [0.15, 0.2) is 30.6 Å². The van der Waals surface area contributed by atoms with Crippen LogP contribution in [0.25, 0.3) is 0 Å². The maximum atomic E-state index is 4.29. The molecule has 78 valence electrons. The second-order valence-corrected chi connectivity index (χ2v) is 4.32. The van der Waals surface area contributed by atoms with Crippen molar-refractivity contribution >= 4 is 16.5 Å². The second-order valence-electron chi connectivity index (χ2n) is 3.20. The molecule has 0 fully saturated rings. The number of pyridine rings is 1. The molecule has 0 aromatic carbocycles. The predicted molar refractivity (Wildman–Crippen MR) is 63.3 cm³/mol. The van der Waals surface area contributed by atoms with Gasteiger partial charge in [-0.25, -0.2) is 4.98 Å². The SMILES string of the molecule is CNc1ncc(CCc2ccccn2)s1. The quantitative estimate of drug-likeness (QED) is 0.857. The Morgan fingerprint density at radius 3 is 2.87 bits per heavy atom. The molecule has 2 aromatic heterocycles. The summed E-state index contributed by atoms with van der Waals surface area (Å²) < 4.78 is 0. The molecule has 0 aliphatic carbocycles. The first-order valence-corrected chi connectivity index (χ1v) is 5.72. The summed E-state index contributed by atoms with van der Waals surface area (Å²) in [5, 5.41) is 4.02. The molecule has 0 spiro atoms. The van der Waals surface area contributed by atoms with Gasteiger partial charge in [-0.05, 0) is 25.0 Å². The van der Waals surface area contributed by atoms with E-state index in [1.807, 2.05) is 31.6 Å². The highest BCUT2D eigenvalue weighted by Crippen LogP contribution is 2.18. The van der Waals surface area contributed by atoms with Crippen molar-refractivity contribution in [3.63, 3.8) is 0 Å². The zero-order valence-corrected chi connectivity index (χ0v) is 9.42. The smallest absolute Gasteiger partial charge is 0.182 e. The topological polar surface area (TPSA) is 37.8 Å². The summed E-state index contributed by atoms with van der Waals surface area (Å²) in [5.41, 5.74) is 1.14. The number of hydrogen-bond acceptors (Lipinski definition) is 4. The number of aromatic nitrogens is 2. The molecule has 4 heteroatoms. The molecular formula is C11H13N3S. The van der Waals surface area contributed by atoms with E-state index >= 15 is 0 Å². The monoisotopic (exact) mass is 219 g/mol. The van der Waals surface area contributed by atoms with Crippen molar-refractivity contribution in [1.29, 1.82) is 0 Å². The van der Waals surface area contributed by atoms with E-state index < -0.39 is 0 Å². The van der Waals surface area contributed by atoms with Crippen LogP contribution < -0.4 is 5.32 Å². The highest BCUT2D eigenvalue weighted by molar-refractivity contribution is 7.15. The Morgan fingerprint density at radius 1 is 1.27 bits per heavy atom. The number of anilines is 1. The molecule has 2 aromatic rings. The third-order valence-corrected chi connectivity index (χ3v) is 3.20. The minimum Gasteiger partial charge on any atom is -0.365 e. The highest BCUT2D eigenvalue weighted by atomic mass is 32.1. The molecule has 15 heavy (non-hydrogen) atoms. The molecule has 0 radical (unpaired) electrons. The Labute approximate surface area is 93.2 Å². The highest BCUT2D eigenvalue weighted by Gasteiger charge is 2.01. The molecule has 0 bridgehead atoms. The lowest BCUT2D eigenvalue weighted by Gasteiger charge is -1.96. The lowest BCUT2D eigenvalue weighted by atomic mass is 10.2. The average molecular weight is 219 g/mol. The summed E-state index contributed by atoms with van der Waals surface area (Å²) in [7, 11) is 1.89. The average Bonchev–Trinajstić information content (AvgIpc) is 2.76. The molecule has 0 amide bonds. The molecule has 0 aliphatic rings. The number of aryl methyl sites for hydroxylation is 2. The van der Waals surface area contributed by atoms with Crippen molar-refractivity contribution in [3.05, 3.63) is 41.2 Å². The summed E-state index contributed by atoms with van der Waals surface area (Å²) in [4.78, 5) is 9.82. The summed E-state index contributed by atoms with van der Waals surface area (Å²) in [6.07, 6.45) is 5.75. The number of hydrogen-bond donors (Lipinski definition) is 1. The fourth-order valence-corrected chi connectivity index (χ4v) is 2.10. The lowest BCUT2D eigenvalue weighted by Crippen LogP contribution is -1.91. The van der Waals surface area contributed by atoms with Gasteiger partial charge in [0.2, 0.25) is 0 Å². The van der Waals surface area contributed by atoms with Gasteiger partial charge in [0.05, 0.1) is 0 Å². The van der Waals surface area contributed by atoms with E-state index in [-0.39, 0.29) is 0 Å². The third-order valence-electron chi connectivity index (χ3n) is 2.12. The lowest BCUT2D eigenvalue weighted by molar-refractivity contribution is 0.926. The fourth-order valence-electron chi connectivity index (χ4n) is 1.34. The van der Waals surface area contributed by atoms with Gasteiger partial charge in [0.1, 0.15) is 0 Å². The molecule has 1 N–H and O–H groups in total. The first kappa shape index (κ1) is 10.1. The van der Waals surface area contributed by atoms with Gasteiger partial charge in [-0.2, -0.15) is 0 Å². The molecule has 2 rings (SSSR count). The molecular weight excluding hydrogens is 206 g/mol. The Bertz CT molecular complexity index is 411. The third kappa shape index (κ3) is 2.76. The van der Waals surface area contributed by atoms with Crippen LogP contribution in [-0.2, 0) is 12.8 Å². The van der Waals surface area contributed by atoms with Crippen LogP contribution in [0.4, 0.5) is 5.13 Å². The van der Waals surface area contributed by atoms with E-state index in [0.29, 0.717) is 0 Å². The van der Waals surface area contributed by atoms with Crippen LogP contribution in [0.5, 0.6) is 0 Å². The Kier molecular flexibility index (Phi) is 3.29. The summed E-state index contributed by atoms with van der Waals surface area (Å²) >= 11 is 1.70. The Balaban J connectivity index is 1.93. The maximum absolute atomic E-state index is 4.29. The van der Waals surface area contributed by atoms with E-state index in [9.17, 15) is 0 Å². The van der Waals surface area contributed by atoms with E-state index in [0.717, 1.165) is 23.7 Å². The van der Waals surface area contributed by atoms with Crippen LogP contribution in [0.3, 0.4) is 0 Å². The van der Waals surface area contributed by atoms with Gasteiger partial charge in [0, 0.05) is 30.0 Å². The van der Waals surface area contributed by atoms with Crippen molar-refractivity contribution in [1.82, 2.24) is 9.97 Å². The zero-order chi connectivity index (χ0) is 10.5. The Hall–Kier alpha value is -1.42. The Morgan fingerprint density at radius 2 is 2.20 bits per heavy atom.